The van der Waals surface area contributed by atoms with Crippen molar-refractivity contribution in [3.63, 3.8) is 0 Å². The lowest BCUT2D eigenvalue weighted by atomic mass is 10.1. The number of ether oxygens (including phenoxy) is 1. The van der Waals surface area contributed by atoms with Crippen LogP contribution in [0.2, 0.25) is 5.02 Å². The fourth-order valence-corrected chi connectivity index (χ4v) is 3.79. The van der Waals surface area contributed by atoms with Crippen LogP contribution >= 0.6 is 11.6 Å². The van der Waals surface area contributed by atoms with Gasteiger partial charge in [-0.1, -0.05) is 41.9 Å². The highest BCUT2D eigenvalue weighted by atomic mass is 35.5. The number of carbonyl (C=O) groups excluding carboxylic acids is 1. The van der Waals surface area contributed by atoms with Gasteiger partial charge in [-0.25, -0.2) is 4.68 Å². The molecule has 0 saturated heterocycles. The van der Waals surface area contributed by atoms with E-state index in [9.17, 15) is 4.79 Å². The molecule has 0 fully saturated rings. The molecule has 0 bridgehead atoms. The Morgan fingerprint density at radius 3 is 2.74 bits per heavy atom. The molecule has 4 aromatic rings. The van der Waals surface area contributed by atoms with Crippen LogP contribution in [0, 0.1) is 11.3 Å². The maximum atomic E-state index is 13.8. The van der Waals surface area contributed by atoms with Crippen molar-refractivity contribution in [2.75, 3.05) is 13.7 Å². The van der Waals surface area contributed by atoms with Gasteiger partial charge in [-0.15, -0.1) is 0 Å². The first-order valence-corrected chi connectivity index (χ1v) is 11.0. The molecule has 1 amide bonds. The maximum Gasteiger partial charge on any atom is 0.272 e. The van der Waals surface area contributed by atoms with Crippen LogP contribution in [0.15, 0.2) is 79.1 Å². The molecular weight excluding hydrogens is 450 g/mol. The lowest BCUT2D eigenvalue weighted by molar-refractivity contribution is 0.0737. The fraction of sp³-hybridized carbons (Fsp3) is 0.154. The van der Waals surface area contributed by atoms with Gasteiger partial charge in [-0.05, 0) is 42.0 Å². The predicted molar refractivity (Wildman–Crippen MR) is 130 cm³/mol. The zero-order chi connectivity index (χ0) is 23.9. The van der Waals surface area contributed by atoms with Gasteiger partial charge in [0, 0.05) is 31.0 Å². The number of amides is 1. The number of rotatable bonds is 8. The normalized spacial score (nSPS) is 10.5. The Hall–Kier alpha value is -4.15. The fourth-order valence-electron chi connectivity index (χ4n) is 3.58. The van der Waals surface area contributed by atoms with Gasteiger partial charge in [0.25, 0.3) is 5.91 Å². The van der Waals surface area contributed by atoms with Gasteiger partial charge >= 0.3 is 0 Å². The minimum atomic E-state index is -0.263. The lowest BCUT2D eigenvalue weighted by Gasteiger charge is -2.22. The van der Waals surface area contributed by atoms with Gasteiger partial charge < -0.3 is 9.64 Å². The van der Waals surface area contributed by atoms with Crippen molar-refractivity contribution in [3.8, 4) is 28.8 Å². The first-order valence-electron chi connectivity index (χ1n) is 10.6. The van der Waals surface area contributed by atoms with E-state index in [1.54, 1.807) is 41.2 Å². The average Bonchev–Trinajstić information content (AvgIpc) is 3.32. The number of carbonyl (C=O) groups is 1. The molecule has 0 aliphatic heterocycles. The molecule has 0 saturated carbocycles. The van der Waals surface area contributed by atoms with Crippen molar-refractivity contribution in [3.05, 3.63) is 95.4 Å². The van der Waals surface area contributed by atoms with E-state index in [0.29, 0.717) is 34.4 Å². The summed E-state index contributed by atoms with van der Waals surface area (Å²) in [5.41, 5.74) is 3.19. The number of aromatic nitrogens is 3. The Morgan fingerprint density at radius 2 is 2.00 bits per heavy atom. The summed E-state index contributed by atoms with van der Waals surface area (Å²) in [7, 11) is 1.60. The molecule has 0 radical (unpaired) electrons. The summed E-state index contributed by atoms with van der Waals surface area (Å²) in [6.45, 7) is 0.586. The second kappa shape index (κ2) is 10.6. The number of benzene rings is 2. The summed E-state index contributed by atoms with van der Waals surface area (Å²) in [5, 5.41) is 14.4. The highest BCUT2D eigenvalue weighted by Gasteiger charge is 2.24. The van der Waals surface area contributed by atoms with Crippen LogP contribution in [-0.2, 0) is 6.54 Å². The van der Waals surface area contributed by atoms with Crippen LogP contribution in [0.5, 0.6) is 5.75 Å². The Kier molecular flexibility index (Phi) is 7.21. The minimum absolute atomic E-state index is 0.203. The highest BCUT2D eigenvalue weighted by Crippen LogP contribution is 2.28. The first kappa shape index (κ1) is 23.0. The highest BCUT2D eigenvalue weighted by molar-refractivity contribution is 6.32. The largest absolute Gasteiger partial charge is 0.497 e. The van der Waals surface area contributed by atoms with Crippen LogP contribution < -0.4 is 4.74 Å². The summed E-state index contributed by atoms with van der Waals surface area (Å²) < 4.78 is 6.90. The molecule has 0 aliphatic rings. The average molecular weight is 472 g/mol. The first-order chi connectivity index (χ1) is 16.6. The molecule has 4 rings (SSSR count). The van der Waals surface area contributed by atoms with Crippen molar-refractivity contribution >= 4 is 17.5 Å². The van der Waals surface area contributed by atoms with Crippen molar-refractivity contribution in [2.24, 2.45) is 0 Å². The topological polar surface area (TPSA) is 84.0 Å². The van der Waals surface area contributed by atoms with Crippen LogP contribution in [0.25, 0.3) is 16.9 Å². The van der Waals surface area contributed by atoms with E-state index in [-0.39, 0.29) is 18.9 Å². The predicted octanol–water partition coefficient (Wildman–Crippen LogP) is 5.15. The van der Waals surface area contributed by atoms with E-state index in [1.165, 1.54) is 0 Å². The zero-order valence-corrected chi connectivity index (χ0v) is 19.3. The summed E-state index contributed by atoms with van der Waals surface area (Å²) >= 11 is 6.47. The number of halogens is 1. The maximum absolute atomic E-state index is 13.8. The third-order valence-corrected chi connectivity index (χ3v) is 5.57. The molecule has 2 aromatic carbocycles. The van der Waals surface area contributed by atoms with E-state index in [1.807, 2.05) is 54.6 Å². The standard InChI is InChI=1S/C26H22ClN5O2/c1-34-21-9-4-8-20(15-21)23-16-25(32(30-23)24-11-3-2-10-22(24)27)26(33)31(14-6-12-28)18-19-7-5-13-29-17-19/h2-5,7-11,13,15-17H,6,14,18H2,1H3. The molecule has 7 nitrogen and oxygen atoms in total. The number of hydrogen-bond acceptors (Lipinski definition) is 5. The van der Waals surface area contributed by atoms with Gasteiger partial charge in [0.15, 0.2) is 0 Å². The van der Waals surface area contributed by atoms with E-state index < -0.39 is 0 Å². The summed E-state index contributed by atoms with van der Waals surface area (Å²) in [6.07, 6.45) is 3.59. The Morgan fingerprint density at radius 1 is 1.15 bits per heavy atom. The number of hydrogen-bond donors (Lipinski definition) is 0. The molecule has 170 valence electrons. The summed E-state index contributed by atoms with van der Waals surface area (Å²) in [5.74, 6) is 0.422. The summed E-state index contributed by atoms with van der Waals surface area (Å²) in [4.78, 5) is 19.6. The molecule has 0 spiro atoms. The van der Waals surface area contributed by atoms with Gasteiger partial charge in [-0.2, -0.15) is 10.4 Å². The second-order valence-electron chi connectivity index (χ2n) is 7.51. The Labute approximate surface area is 202 Å². The molecule has 0 unspecified atom stereocenters. The molecule has 0 aliphatic carbocycles. The van der Waals surface area contributed by atoms with Gasteiger partial charge in [0.05, 0.1) is 36.0 Å². The minimum Gasteiger partial charge on any atom is -0.497 e. The van der Waals surface area contributed by atoms with Crippen LogP contribution in [0.3, 0.4) is 0 Å². The molecule has 2 heterocycles. The van der Waals surface area contributed by atoms with Crippen molar-refractivity contribution in [1.82, 2.24) is 19.7 Å². The SMILES string of the molecule is COc1cccc(-c2cc(C(=O)N(CCC#N)Cc3cccnc3)n(-c3ccccc3Cl)n2)c1. The van der Waals surface area contributed by atoms with E-state index in [0.717, 1.165) is 11.1 Å². The zero-order valence-electron chi connectivity index (χ0n) is 18.6. The van der Waals surface area contributed by atoms with E-state index in [2.05, 4.69) is 11.1 Å². The molecule has 34 heavy (non-hydrogen) atoms. The monoisotopic (exact) mass is 471 g/mol. The van der Waals surface area contributed by atoms with E-state index >= 15 is 0 Å². The molecular formula is C26H22ClN5O2. The Balaban J connectivity index is 1.80. The van der Waals surface area contributed by atoms with E-state index in [4.69, 9.17) is 26.7 Å². The Bertz CT molecular complexity index is 1330. The third kappa shape index (κ3) is 5.08. The van der Waals surface area contributed by atoms with Crippen LogP contribution in [0.1, 0.15) is 22.5 Å². The van der Waals surface area contributed by atoms with Gasteiger partial charge in [0.2, 0.25) is 0 Å². The number of nitrogens with zero attached hydrogens (tertiary/aromatic N) is 5. The number of pyridine rings is 1. The molecule has 8 heteroatoms. The van der Waals surface area contributed by atoms with Gasteiger partial charge in [0.1, 0.15) is 11.4 Å². The van der Waals surface area contributed by atoms with Crippen molar-refractivity contribution < 1.29 is 9.53 Å². The summed E-state index contributed by atoms with van der Waals surface area (Å²) in [6, 6.07) is 22.3. The third-order valence-electron chi connectivity index (χ3n) is 5.25. The molecule has 0 atom stereocenters. The number of para-hydroxylation sites is 1. The smallest absolute Gasteiger partial charge is 0.272 e. The molecule has 2 aromatic heterocycles. The quantitative estimate of drug-likeness (QED) is 0.354. The number of nitriles is 1. The lowest BCUT2D eigenvalue weighted by Crippen LogP contribution is -2.33. The van der Waals surface area contributed by atoms with Crippen molar-refractivity contribution in [1.29, 1.82) is 5.26 Å². The second-order valence-corrected chi connectivity index (χ2v) is 7.91. The van der Waals surface area contributed by atoms with Crippen molar-refractivity contribution in [2.45, 2.75) is 13.0 Å². The van der Waals surface area contributed by atoms with Crippen LogP contribution in [0.4, 0.5) is 0 Å². The van der Waals surface area contributed by atoms with Crippen LogP contribution in [-0.4, -0.2) is 39.2 Å². The molecule has 0 N–H and O–H groups in total. The number of methoxy groups -OCH3 is 1. The van der Waals surface area contributed by atoms with Gasteiger partial charge in [-0.3, -0.25) is 9.78 Å².